The zero-order valence-electron chi connectivity index (χ0n) is 8.54. The van der Waals surface area contributed by atoms with Gasteiger partial charge >= 0.3 is 0 Å². The second-order valence-electron chi connectivity index (χ2n) is 3.33. The minimum absolute atomic E-state index is 0.593. The molecule has 0 radical (unpaired) electrons. The molecule has 0 bridgehead atoms. The Morgan fingerprint density at radius 2 is 2.13 bits per heavy atom. The van der Waals surface area contributed by atoms with Crippen molar-refractivity contribution in [3.8, 4) is 5.75 Å². The average molecular weight is 223 g/mol. The lowest BCUT2D eigenvalue weighted by Gasteiger charge is -2.09. The Bertz CT molecular complexity index is 525. The Hall–Kier alpha value is -1.48. The van der Waals surface area contributed by atoms with Crippen LogP contribution in [0.3, 0.4) is 0 Å². The zero-order chi connectivity index (χ0) is 11.0. The van der Waals surface area contributed by atoms with E-state index in [1.807, 2.05) is 6.92 Å². The van der Waals surface area contributed by atoms with E-state index in [0.717, 1.165) is 11.1 Å². The summed E-state index contributed by atoms with van der Waals surface area (Å²) in [6, 6.07) is 5.35. The molecule has 78 valence electrons. The Balaban J connectivity index is 2.93. The predicted octanol–water partition coefficient (Wildman–Crippen LogP) is 2.79. The topological polar surface area (TPSA) is 48.1 Å². The standard InChI is InChI=1S/C11H11ClN2O/c1-6-5-8(13)10-7(12)3-4-9(15-2)11(10)14-6/h3-5H,1-2H3,(H2,13,14). The van der Waals surface area contributed by atoms with Gasteiger partial charge in [-0.05, 0) is 25.1 Å². The maximum absolute atomic E-state index is 6.07. The van der Waals surface area contributed by atoms with Crippen LogP contribution in [-0.2, 0) is 0 Å². The predicted molar refractivity (Wildman–Crippen MR) is 62.5 cm³/mol. The molecule has 15 heavy (non-hydrogen) atoms. The van der Waals surface area contributed by atoms with Crippen LogP contribution in [0, 0.1) is 6.92 Å². The van der Waals surface area contributed by atoms with Crippen LogP contribution in [-0.4, -0.2) is 12.1 Å². The molecule has 0 spiro atoms. The highest BCUT2D eigenvalue weighted by Crippen LogP contribution is 2.33. The Labute approximate surface area is 92.8 Å². The summed E-state index contributed by atoms with van der Waals surface area (Å²) in [7, 11) is 1.60. The van der Waals surface area contributed by atoms with Crippen molar-refractivity contribution in [2.24, 2.45) is 0 Å². The molecule has 3 nitrogen and oxygen atoms in total. The monoisotopic (exact) mass is 222 g/mol. The molecule has 0 atom stereocenters. The number of hydrogen-bond donors (Lipinski definition) is 1. The molecule has 1 heterocycles. The largest absolute Gasteiger partial charge is 0.494 e. The number of fused-ring (bicyclic) bond motifs is 1. The number of anilines is 1. The Morgan fingerprint density at radius 3 is 2.80 bits per heavy atom. The summed E-state index contributed by atoms with van der Waals surface area (Å²) in [5.74, 6) is 0.685. The number of nitrogen functional groups attached to an aromatic ring is 1. The number of methoxy groups -OCH3 is 1. The highest BCUT2D eigenvalue weighted by Gasteiger charge is 2.10. The van der Waals surface area contributed by atoms with E-state index < -0.39 is 0 Å². The van der Waals surface area contributed by atoms with Crippen LogP contribution in [0.1, 0.15) is 5.69 Å². The SMILES string of the molecule is COc1ccc(Cl)c2c(N)cc(C)nc12. The smallest absolute Gasteiger partial charge is 0.145 e. The fourth-order valence-electron chi connectivity index (χ4n) is 1.60. The van der Waals surface area contributed by atoms with E-state index in [2.05, 4.69) is 4.98 Å². The minimum atomic E-state index is 0.593. The highest BCUT2D eigenvalue weighted by molar-refractivity contribution is 6.36. The molecular formula is C11H11ClN2O. The summed E-state index contributed by atoms with van der Waals surface area (Å²) < 4.78 is 5.22. The number of aromatic nitrogens is 1. The van der Waals surface area contributed by atoms with Crippen molar-refractivity contribution in [1.82, 2.24) is 4.98 Å². The molecule has 4 heteroatoms. The summed E-state index contributed by atoms with van der Waals surface area (Å²) in [4.78, 5) is 4.38. The van der Waals surface area contributed by atoms with Gasteiger partial charge < -0.3 is 10.5 Å². The van der Waals surface area contributed by atoms with Gasteiger partial charge in [0.1, 0.15) is 11.3 Å². The van der Waals surface area contributed by atoms with Gasteiger partial charge in [-0.15, -0.1) is 0 Å². The number of ether oxygens (including phenoxy) is 1. The summed E-state index contributed by atoms with van der Waals surface area (Å²) in [6.45, 7) is 1.89. The first-order valence-corrected chi connectivity index (χ1v) is 4.90. The van der Waals surface area contributed by atoms with Crippen LogP contribution in [0.2, 0.25) is 5.02 Å². The molecule has 0 saturated heterocycles. The van der Waals surface area contributed by atoms with Gasteiger partial charge in [0.2, 0.25) is 0 Å². The van der Waals surface area contributed by atoms with E-state index in [1.165, 1.54) is 0 Å². The molecule has 2 N–H and O–H groups in total. The normalized spacial score (nSPS) is 10.6. The van der Waals surface area contributed by atoms with Gasteiger partial charge in [0.25, 0.3) is 0 Å². The van der Waals surface area contributed by atoms with Crippen LogP contribution in [0.5, 0.6) is 5.75 Å². The van der Waals surface area contributed by atoms with Crippen LogP contribution >= 0.6 is 11.6 Å². The van der Waals surface area contributed by atoms with E-state index in [9.17, 15) is 0 Å². The molecular weight excluding hydrogens is 212 g/mol. The van der Waals surface area contributed by atoms with Gasteiger partial charge in [-0.25, -0.2) is 4.98 Å². The number of halogens is 1. The molecule has 1 aromatic carbocycles. The molecule has 0 unspecified atom stereocenters. The fourth-order valence-corrected chi connectivity index (χ4v) is 1.87. The van der Waals surface area contributed by atoms with Crippen molar-refractivity contribution in [3.63, 3.8) is 0 Å². The van der Waals surface area contributed by atoms with Gasteiger partial charge in [0.05, 0.1) is 12.1 Å². The van der Waals surface area contributed by atoms with Crippen LogP contribution in [0.25, 0.3) is 10.9 Å². The first-order valence-electron chi connectivity index (χ1n) is 4.53. The van der Waals surface area contributed by atoms with Gasteiger partial charge in [0, 0.05) is 16.8 Å². The first kappa shape index (κ1) is 10.1. The van der Waals surface area contributed by atoms with Crippen LogP contribution < -0.4 is 10.5 Å². The molecule has 0 saturated carbocycles. The Kier molecular flexibility index (Phi) is 2.40. The number of nitrogens with two attached hydrogens (primary N) is 1. The summed E-state index contributed by atoms with van der Waals surface area (Å²) in [5.41, 5.74) is 8.09. The number of benzene rings is 1. The maximum atomic E-state index is 6.07. The number of nitrogens with zero attached hydrogens (tertiary/aromatic N) is 1. The van der Waals surface area contributed by atoms with E-state index in [1.54, 1.807) is 25.3 Å². The highest BCUT2D eigenvalue weighted by atomic mass is 35.5. The second kappa shape index (κ2) is 3.59. The van der Waals surface area contributed by atoms with Crippen molar-refractivity contribution in [3.05, 3.63) is 28.9 Å². The number of aryl methyl sites for hydroxylation is 1. The third-order valence-corrected chi connectivity index (χ3v) is 2.57. The average Bonchev–Trinajstić information content (AvgIpc) is 2.17. The molecule has 0 fully saturated rings. The quantitative estimate of drug-likeness (QED) is 0.807. The van der Waals surface area contributed by atoms with Crippen molar-refractivity contribution in [2.45, 2.75) is 6.92 Å². The summed E-state index contributed by atoms with van der Waals surface area (Å²) in [6.07, 6.45) is 0. The minimum Gasteiger partial charge on any atom is -0.494 e. The third-order valence-electron chi connectivity index (χ3n) is 2.25. The van der Waals surface area contributed by atoms with Crippen LogP contribution in [0.15, 0.2) is 18.2 Å². The van der Waals surface area contributed by atoms with Crippen molar-refractivity contribution in [1.29, 1.82) is 0 Å². The van der Waals surface area contributed by atoms with E-state index in [4.69, 9.17) is 22.1 Å². The van der Waals surface area contributed by atoms with Gasteiger partial charge in [0.15, 0.2) is 0 Å². The molecule has 2 rings (SSSR count). The van der Waals surface area contributed by atoms with Gasteiger partial charge in [-0.2, -0.15) is 0 Å². The third kappa shape index (κ3) is 1.59. The van der Waals surface area contributed by atoms with Crippen molar-refractivity contribution >= 4 is 28.2 Å². The lowest BCUT2D eigenvalue weighted by Crippen LogP contribution is -1.95. The molecule has 2 aromatic rings. The lowest BCUT2D eigenvalue weighted by molar-refractivity contribution is 0.419. The van der Waals surface area contributed by atoms with Crippen molar-refractivity contribution < 1.29 is 4.74 Å². The fraction of sp³-hybridized carbons (Fsp3) is 0.182. The second-order valence-corrected chi connectivity index (χ2v) is 3.73. The van der Waals surface area contributed by atoms with Gasteiger partial charge in [-0.1, -0.05) is 11.6 Å². The number of rotatable bonds is 1. The molecule has 0 aliphatic heterocycles. The molecule has 1 aromatic heterocycles. The summed E-state index contributed by atoms with van der Waals surface area (Å²) >= 11 is 6.07. The molecule has 0 amide bonds. The van der Waals surface area contributed by atoms with Crippen molar-refractivity contribution in [2.75, 3.05) is 12.8 Å². The van der Waals surface area contributed by atoms with E-state index in [-0.39, 0.29) is 0 Å². The zero-order valence-corrected chi connectivity index (χ0v) is 9.30. The van der Waals surface area contributed by atoms with E-state index >= 15 is 0 Å². The maximum Gasteiger partial charge on any atom is 0.145 e. The van der Waals surface area contributed by atoms with E-state index in [0.29, 0.717) is 22.0 Å². The summed E-state index contributed by atoms with van der Waals surface area (Å²) in [5, 5.41) is 1.34. The number of pyridine rings is 1. The van der Waals surface area contributed by atoms with Gasteiger partial charge in [-0.3, -0.25) is 0 Å². The Morgan fingerprint density at radius 1 is 1.40 bits per heavy atom. The molecule has 0 aliphatic carbocycles. The molecule has 0 aliphatic rings. The first-order chi connectivity index (χ1) is 7.13. The van der Waals surface area contributed by atoms with Crippen LogP contribution in [0.4, 0.5) is 5.69 Å². The number of hydrogen-bond acceptors (Lipinski definition) is 3. The lowest BCUT2D eigenvalue weighted by atomic mass is 10.1.